The normalized spacial score (nSPS) is 10.6. The highest BCUT2D eigenvalue weighted by Gasteiger charge is 2.09. The summed E-state index contributed by atoms with van der Waals surface area (Å²) in [6, 6.07) is 5.71. The lowest BCUT2D eigenvalue weighted by atomic mass is 10.2. The lowest BCUT2D eigenvalue weighted by Crippen LogP contribution is -2.14. The topological polar surface area (TPSA) is 85.0 Å². The summed E-state index contributed by atoms with van der Waals surface area (Å²) in [4.78, 5) is 14.5. The maximum Gasteiger partial charge on any atom is 0.338 e. The molecule has 7 heteroatoms. The Balaban J connectivity index is 2.56. The number of benzene rings is 1. The van der Waals surface area contributed by atoms with Crippen molar-refractivity contribution in [2.24, 2.45) is 0 Å². The van der Waals surface area contributed by atoms with Crippen molar-refractivity contribution < 1.29 is 22.5 Å². The van der Waals surface area contributed by atoms with Crippen LogP contribution in [0, 0.1) is 6.57 Å². The molecule has 0 aromatic heterocycles. The summed E-state index contributed by atoms with van der Waals surface area (Å²) in [5, 5.41) is 0. The van der Waals surface area contributed by atoms with Gasteiger partial charge in [-0.2, -0.15) is 8.42 Å². The summed E-state index contributed by atoms with van der Waals surface area (Å²) in [5.41, 5.74) is 0.604. The smallest absolute Gasteiger partial charge is 0.338 e. The number of hydrogen-bond acceptors (Lipinski definition) is 4. The second-order valence-corrected chi connectivity index (χ2v) is 4.65. The molecule has 1 aromatic carbocycles. The van der Waals surface area contributed by atoms with Crippen LogP contribution in [-0.4, -0.2) is 31.3 Å². The van der Waals surface area contributed by atoms with E-state index < -0.39 is 28.4 Å². The van der Waals surface area contributed by atoms with Crippen molar-refractivity contribution in [2.45, 2.75) is 0 Å². The summed E-state index contributed by atoms with van der Waals surface area (Å²) in [6.07, 6.45) is 0. The highest BCUT2D eigenvalue weighted by atomic mass is 32.2. The van der Waals surface area contributed by atoms with Crippen LogP contribution >= 0.6 is 0 Å². The molecule has 0 saturated carbocycles. The van der Waals surface area contributed by atoms with Crippen LogP contribution in [-0.2, 0) is 14.9 Å². The van der Waals surface area contributed by atoms with Crippen LogP contribution in [0.25, 0.3) is 4.85 Å². The fourth-order valence-electron chi connectivity index (χ4n) is 0.995. The lowest BCUT2D eigenvalue weighted by Gasteiger charge is -2.03. The van der Waals surface area contributed by atoms with Crippen molar-refractivity contribution in [1.82, 2.24) is 0 Å². The molecule has 0 atom stereocenters. The molecule has 6 nitrogen and oxygen atoms in total. The molecule has 0 bridgehead atoms. The van der Waals surface area contributed by atoms with E-state index in [1.165, 1.54) is 24.3 Å². The lowest BCUT2D eigenvalue weighted by molar-refractivity contribution is 0.0528. The Morgan fingerprint density at radius 3 is 2.41 bits per heavy atom. The van der Waals surface area contributed by atoms with Gasteiger partial charge in [-0.3, -0.25) is 4.55 Å². The van der Waals surface area contributed by atoms with E-state index in [0.717, 1.165) is 0 Å². The van der Waals surface area contributed by atoms with Crippen LogP contribution in [0.2, 0.25) is 0 Å². The van der Waals surface area contributed by atoms with Crippen molar-refractivity contribution in [3.05, 3.63) is 41.2 Å². The molecule has 17 heavy (non-hydrogen) atoms. The summed E-state index contributed by atoms with van der Waals surface area (Å²) in [6.45, 7) is 6.30. The fourth-order valence-corrected chi connectivity index (χ4v) is 1.29. The van der Waals surface area contributed by atoms with Crippen LogP contribution in [0.3, 0.4) is 0 Å². The maximum atomic E-state index is 11.4. The van der Waals surface area contributed by atoms with E-state index in [0.29, 0.717) is 5.69 Å². The molecule has 1 N–H and O–H groups in total. The molecule has 0 heterocycles. The number of rotatable bonds is 4. The molecule has 1 aromatic rings. The van der Waals surface area contributed by atoms with E-state index in [1.807, 2.05) is 0 Å². The van der Waals surface area contributed by atoms with Gasteiger partial charge in [-0.15, -0.1) is 0 Å². The van der Waals surface area contributed by atoms with Crippen molar-refractivity contribution in [3.8, 4) is 0 Å². The van der Waals surface area contributed by atoms with Gasteiger partial charge in [0, 0.05) is 0 Å². The predicted octanol–water partition coefficient (Wildman–Crippen LogP) is 1.28. The van der Waals surface area contributed by atoms with E-state index in [2.05, 4.69) is 9.58 Å². The highest BCUT2D eigenvalue weighted by Crippen LogP contribution is 2.13. The number of ether oxygens (including phenoxy) is 1. The third kappa shape index (κ3) is 4.63. The summed E-state index contributed by atoms with van der Waals surface area (Å²) in [5.74, 6) is -1.34. The van der Waals surface area contributed by atoms with Crippen LogP contribution in [0.1, 0.15) is 10.4 Å². The summed E-state index contributed by atoms with van der Waals surface area (Å²) >= 11 is 0. The first-order chi connectivity index (χ1) is 7.92. The molecule has 0 amide bonds. The van der Waals surface area contributed by atoms with Gasteiger partial charge in [0.2, 0.25) is 0 Å². The molecular formula is C10H9NO5S. The largest absolute Gasteiger partial charge is 0.461 e. The quantitative estimate of drug-likeness (QED) is 0.497. The minimum absolute atomic E-state index is 0.215. The van der Waals surface area contributed by atoms with Gasteiger partial charge in [0.15, 0.2) is 5.69 Å². The van der Waals surface area contributed by atoms with Crippen molar-refractivity contribution in [3.63, 3.8) is 0 Å². The van der Waals surface area contributed by atoms with E-state index in [4.69, 9.17) is 11.1 Å². The molecule has 1 rings (SSSR count). The van der Waals surface area contributed by atoms with E-state index in [-0.39, 0.29) is 5.56 Å². The van der Waals surface area contributed by atoms with Gasteiger partial charge in [0.25, 0.3) is 10.1 Å². The molecule has 0 aliphatic carbocycles. The highest BCUT2D eigenvalue weighted by molar-refractivity contribution is 7.85. The average Bonchev–Trinajstić information content (AvgIpc) is 2.27. The zero-order valence-corrected chi connectivity index (χ0v) is 9.48. The van der Waals surface area contributed by atoms with Crippen LogP contribution < -0.4 is 0 Å². The Labute approximate surface area is 98.4 Å². The van der Waals surface area contributed by atoms with E-state index in [1.54, 1.807) is 0 Å². The van der Waals surface area contributed by atoms with Gasteiger partial charge in [0.05, 0.1) is 12.1 Å². The zero-order chi connectivity index (χ0) is 12.9. The first kappa shape index (κ1) is 13.2. The maximum absolute atomic E-state index is 11.4. The molecule has 0 aliphatic heterocycles. The molecule has 0 radical (unpaired) electrons. The first-order valence-electron chi connectivity index (χ1n) is 4.52. The summed E-state index contributed by atoms with van der Waals surface area (Å²) in [7, 11) is -4.13. The van der Waals surface area contributed by atoms with Gasteiger partial charge < -0.3 is 4.74 Å². The van der Waals surface area contributed by atoms with Crippen LogP contribution in [0.15, 0.2) is 24.3 Å². The fraction of sp³-hybridized carbons (Fsp3) is 0.200. The van der Waals surface area contributed by atoms with Crippen molar-refractivity contribution in [1.29, 1.82) is 0 Å². The molecule has 0 aliphatic rings. The Kier molecular flexibility index (Phi) is 4.20. The minimum atomic E-state index is -4.13. The zero-order valence-electron chi connectivity index (χ0n) is 8.66. The molecule has 0 spiro atoms. The second kappa shape index (κ2) is 5.43. The third-order valence-electron chi connectivity index (χ3n) is 1.81. The van der Waals surface area contributed by atoms with Gasteiger partial charge in [0.1, 0.15) is 12.4 Å². The Bertz CT molecular complexity index is 541. The number of carbonyl (C=O) groups excluding carboxylic acids is 1. The standard InChI is InChI=1S/C10H9NO5S/c1-11-9-4-2-8(3-5-9)10(12)16-6-7-17(13,14)15/h2-5H,6-7H2,(H,13,14,15). The first-order valence-corrected chi connectivity index (χ1v) is 6.13. The van der Waals surface area contributed by atoms with Crippen LogP contribution in [0.5, 0.6) is 0 Å². The Morgan fingerprint density at radius 2 is 1.94 bits per heavy atom. The minimum Gasteiger partial charge on any atom is -0.461 e. The van der Waals surface area contributed by atoms with E-state index in [9.17, 15) is 13.2 Å². The second-order valence-electron chi connectivity index (χ2n) is 3.08. The molecule has 0 fully saturated rings. The SMILES string of the molecule is [C-]#[N+]c1ccc(C(=O)OCCS(=O)(=O)O)cc1. The third-order valence-corrected chi connectivity index (χ3v) is 2.49. The number of nitrogens with zero attached hydrogens (tertiary/aromatic N) is 1. The molecular weight excluding hydrogens is 246 g/mol. The van der Waals surface area contributed by atoms with Gasteiger partial charge >= 0.3 is 5.97 Å². The number of esters is 1. The Hall–Kier alpha value is -1.91. The average molecular weight is 255 g/mol. The molecule has 90 valence electrons. The molecule has 0 unspecified atom stereocenters. The van der Waals surface area contributed by atoms with Gasteiger partial charge in [-0.1, -0.05) is 24.3 Å². The predicted molar refractivity (Wildman–Crippen MR) is 59.4 cm³/mol. The van der Waals surface area contributed by atoms with Gasteiger partial charge in [-0.25, -0.2) is 9.64 Å². The summed E-state index contributed by atoms with van der Waals surface area (Å²) < 4.78 is 33.8. The van der Waals surface area contributed by atoms with E-state index >= 15 is 0 Å². The molecule has 0 saturated heterocycles. The number of carbonyl (C=O) groups is 1. The van der Waals surface area contributed by atoms with Gasteiger partial charge in [-0.05, 0) is 0 Å². The van der Waals surface area contributed by atoms with Crippen LogP contribution in [0.4, 0.5) is 5.69 Å². The Morgan fingerprint density at radius 1 is 1.35 bits per heavy atom. The monoisotopic (exact) mass is 255 g/mol. The number of hydrogen-bond donors (Lipinski definition) is 1. The van der Waals surface area contributed by atoms with Crippen molar-refractivity contribution >= 4 is 21.8 Å². The van der Waals surface area contributed by atoms with Crippen molar-refractivity contribution in [2.75, 3.05) is 12.4 Å².